The molecule has 1 aromatic rings. The number of hydrogen-bond acceptors (Lipinski definition) is 4. The van der Waals surface area contributed by atoms with Gasteiger partial charge in [-0.2, -0.15) is 0 Å². The molecule has 78 valence electrons. The van der Waals surface area contributed by atoms with Gasteiger partial charge in [0.2, 0.25) is 0 Å². The number of carbonyl (C=O) groups excluding carboxylic acids is 1. The van der Waals surface area contributed by atoms with E-state index in [4.69, 9.17) is 4.74 Å². The highest BCUT2D eigenvalue weighted by Crippen LogP contribution is 2.30. The molecule has 0 atom stereocenters. The lowest BCUT2D eigenvalue weighted by Gasteiger charge is -2.19. The monoisotopic (exact) mass is 213 g/mol. The lowest BCUT2D eigenvalue weighted by atomic mass is 10.1. The molecule has 0 aliphatic carbocycles. The SMILES string of the molecule is COC(C)(C)c1nc(C)c(C(C)=O)s1. The smallest absolute Gasteiger partial charge is 0.171 e. The Balaban J connectivity index is 3.15. The van der Waals surface area contributed by atoms with Gasteiger partial charge in [-0.15, -0.1) is 11.3 Å². The van der Waals surface area contributed by atoms with Crippen molar-refractivity contribution in [3.05, 3.63) is 15.6 Å². The molecule has 3 nitrogen and oxygen atoms in total. The Bertz CT molecular complexity index is 355. The van der Waals surface area contributed by atoms with Crippen molar-refractivity contribution >= 4 is 17.1 Å². The molecule has 1 heterocycles. The van der Waals surface area contributed by atoms with Gasteiger partial charge in [0.15, 0.2) is 5.78 Å². The van der Waals surface area contributed by atoms with Crippen LogP contribution in [-0.4, -0.2) is 17.9 Å². The standard InChI is InChI=1S/C10H15NO2S/c1-6-8(7(2)12)14-9(11-6)10(3,4)13-5/h1-5H3. The number of carbonyl (C=O) groups is 1. The van der Waals surface area contributed by atoms with E-state index < -0.39 is 5.60 Å². The van der Waals surface area contributed by atoms with Crippen molar-refractivity contribution in [2.24, 2.45) is 0 Å². The Hall–Kier alpha value is -0.740. The van der Waals surface area contributed by atoms with Crippen molar-refractivity contribution in [2.75, 3.05) is 7.11 Å². The first-order valence-corrected chi connectivity index (χ1v) is 5.24. The molecule has 1 aromatic heterocycles. The van der Waals surface area contributed by atoms with Crippen LogP contribution in [0.15, 0.2) is 0 Å². The van der Waals surface area contributed by atoms with Crippen LogP contribution >= 0.6 is 11.3 Å². The third-order valence-corrected chi connectivity index (χ3v) is 3.70. The minimum atomic E-state index is -0.414. The molecule has 0 bridgehead atoms. The lowest BCUT2D eigenvalue weighted by molar-refractivity contribution is 0.0189. The van der Waals surface area contributed by atoms with E-state index in [1.54, 1.807) is 14.0 Å². The predicted octanol–water partition coefficient (Wildman–Crippen LogP) is 2.54. The summed E-state index contributed by atoms with van der Waals surface area (Å²) in [5, 5.41) is 0.850. The van der Waals surface area contributed by atoms with Crippen molar-refractivity contribution in [2.45, 2.75) is 33.3 Å². The van der Waals surface area contributed by atoms with E-state index in [1.807, 2.05) is 20.8 Å². The van der Waals surface area contributed by atoms with Crippen molar-refractivity contribution in [1.82, 2.24) is 4.98 Å². The molecule has 0 radical (unpaired) electrons. The Morgan fingerprint density at radius 2 is 2.07 bits per heavy atom. The van der Waals surface area contributed by atoms with Gasteiger partial charge in [0, 0.05) is 14.0 Å². The number of nitrogens with zero attached hydrogens (tertiary/aromatic N) is 1. The van der Waals surface area contributed by atoms with Crippen LogP contribution in [0.2, 0.25) is 0 Å². The molecule has 0 spiro atoms. The van der Waals surface area contributed by atoms with Gasteiger partial charge in [-0.25, -0.2) is 4.98 Å². The zero-order valence-corrected chi connectivity index (χ0v) is 9.99. The fourth-order valence-corrected chi connectivity index (χ4v) is 2.11. The van der Waals surface area contributed by atoms with Crippen molar-refractivity contribution in [3.8, 4) is 0 Å². The average Bonchev–Trinajstić information content (AvgIpc) is 2.48. The molecular weight excluding hydrogens is 198 g/mol. The molecule has 0 aliphatic heterocycles. The molecule has 0 aromatic carbocycles. The fraction of sp³-hybridized carbons (Fsp3) is 0.600. The first-order chi connectivity index (χ1) is 6.38. The summed E-state index contributed by atoms with van der Waals surface area (Å²) >= 11 is 1.41. The first-order valence-electron chi connectivity index (χ1n) is 4.42. The number of rotatable bonds is 3. The summed E-state index contributed by atoms with van der Waals surface area (Å²) < 4.78 is 5.31. The number of Topliss-reactive ketones (excluding diaryl/α,β-unsaturated/α-hetero) is 1. The Morgan fingerprint density at radius 1 is 1.50 bits per heavy atom. The van der Waals surface area contributed by atoms with Gasteiger partial charge in [-0.1, -0.05) is 0 Å². The van der Waals surface area contributed by atoms with Gasteiger partial charge in [0.05, 0.1) is 10.6 Å². The second kappa shape index (κ2) is 3.79. The number of ketones is 1. The van der Waals surface area contributed by atoms with Crippen LogP contribution in [0, 0.1) is 6.92 Å². The van der Waals surface area contributed by atoms with E-state index in [9.17, 15) is 4.79 Å². The van der Waals surface area contributed by atoms with E-state index in [0.29, 0.717) is 0 Å². The van der Waals surface area contributed by atoms with Crippen LogP contribution < -0.4 is 0 Å². The summed E-state index contributed by atoms with van der Waals surface area (Å²) in [6.45, 7) is 7.29. The van der Waals surface area contributed by atoms with E-state index >= 15 is 0 Å². The predicted molar refractivity (Wildman–Crippen MR) is 56.9 cm³/mol. The second-order valence-corrected chi connectivity index (χ2v) is 4.70. The molecule has 14 heavy (non-hydrogen) atoms. The summed E-state index contributed by atoms with van der Waals surface area (Å²) in [5.74, 6) is 0.0677. The number of ether oxygens (including phenoxy) is 1. The summed E-state index contributed by atoms with van der Waals surface area (Å²) in [7, 11) is 1.64. The molecule has 0 saturated heterocycles. The number of aromatic nitrogens is 1. The van der Waals surface area contributed by atoms with E-state index in [-0.39, 0.29) is 5.78 Å². The van der Waals surface area contributed by atoms with Gasteiger partial charge in [-0.3, -0.25) is 4.79 Å². The minimum Gasteiger partial charge on any atom is -0.372 e. The van der Waals surface area contributed by atoms with E-state index in [2.05, 4.69) is 4.98 Å². The maximum Gasteiger partial charge on any atom is 0.171 e. The lowest BCUT2D eigenvalue weighted by Crippen LogP contribution is -2.18. The van der Waals surface area contributed by atoms with Crippen LogP contribution in [0.25, 0.3) is 0 Å². The van der Waals surface area contributed by atoms with Gasteiger partial charge >= 0.3 is 0 Å². The topological polar surface area (TPSA) is 39.2 Å². The minimum absolute atomic E-state index is 0.0677. The zero-order valence-electron chi connectivity index (χ0n) is 9.17. The van der Waals surface area contributed by atoms with Gasteiger partial charge in [0.1, 0.15) is 10.6 Å². The van der Waals surface area contributed by atoms with Gasteiger partial charge in [-0.05, 0) is 20.8 Å². The molecule has 0 aliphatic rings. The molecule has 0 unspecified atom stereocenters. The third kappa shape index (κ3) is 2.01. The second-order valence-electron chi connectivity index (χ2n) is 3.70. The van der Waals surface area contributed by atoms with Crippen LogP contribution in [0.3, 0.4) is 0 Å². The summed E-state index contributed by atoms with van der Waals surface area (Å²) in [6, 6.07) is 0. The summed E-state index contributed by atoms with van der Waals surface area (Å²) in [5.41, 5.74) is 0.381. The number of methoxy groups -OCH3 is 1. The highest BCUT2D eigenvalue weighted by Gasteiger charge is 2.25. The van der Waals surface area contributed by atoms with Crippen molar-refractivity contribution < 1.29 is 9.53 Å². The number of thiazole rings is 1. The van der Waals surface area contributed by atoms with Crippen molar-refractivity contribution in [1.29, 1.82) is 0 Å². The molecular formula is C10H15NO2S. The molecule has 0 saturated carbocycles. The van der Waals surface area contributed by atoms with Crippen molar-refractivity contribution in [3.63, 3.8) is 0 Å². The van der Waals surface area contributed by atoms with Crippen LogP contribution in [0.1, 0.15) is 41.1 Å². The number of hydrogen-bond donors (Lipinski definition) is 0. The normalized spacial score (nSPS) is 11.8. The molecule has 0 amide bonds. The maximum atomic E-state index is 11.2. The quantitative estimate of drug-likeness (QED) is 0.724. The van der Waals surface area contributed by atoms with Crippen LogP contribution in [-0.2, 0) is 10.3 Å². The Labute approximate surface area is 88.1 Å². The maximum absolute atomic E-state index is 11.2. The summed E-state index contributed by atoms with van der Waals surface area (Å²) in [6.07, 6.45) is 0. The third-order valence-electron chi connectivity index (χ3n) is 2.14. The van der Waals surface area contributed by atoms with E-state index in [1.165, 1.54) is 11.3 Å². The summed E-state index contributed by atoms with van der Waals surface area (Å²) in [4.78, 5) is 16.3. The molecule has 4 heteroatoms. The van der Waals surface area contributed by atoms with Gasteiger partial charge < -0.3 is 4.74 Å². The Morgan fingerprint density at radius 3 is 2.43 bits per heavy atom. The molecule has 1 rings (SSSR count). The Kier molecular flexibility index (Phi) is 3.07. The fourth-order valence-electron chi connectivity index (χ4n) is 1.07. The van der Waals surface area contributed by atoms with Gasteiger partial charge in [0.25, 0.3) is 0 Å². The zero-order chi connectivity index (χ0) is 10.9. The highest BCUT2D eigenvalue weighted by atomic mass is 32.1. The first kappa shape index (κ1) is 11.3. The highest BCUT2D eigenvalue weighted by molar-refractivity contribution is 7.14. The average molecular weight is 213 g/mol. The molecule has 0 N–H and O–H groups in total. The molecule has 0 fully saturated rings. The van der Waals surface area contributed by atoms with E-state index in [0.717, 1.165) is 15.6 Å². The largest absolute Gasteiger partial charge is 0.372 e. The number of aryl methyl sites for hydroxylation is 1. The van der Waals surface area contributed by atoms with Crippen LogP contribution in [0.5, 0.6) is 0 Å². The van der Waals surface area contributed by atoms with Crippen LogP contribution in [0.4, 0.5) is 0 Å².